The summed E-state index contributed by atoms with van der Waals surface area (Å²) < 4.78 is 5.09. The lowest BCUT2D eigenvalue weighted by atomic mass is 10.2. The van der Waals surface area contributed by atoms with Crippen LogP contribution in [0.15, 0.2) is 23.4 Å². The van der Waals surface area contributed by atoms with E-state index in [2.05, 4.69) is 19.9 Å². The van der Waals surface area contributed by atoms with E-state index >= 15 is 0 Å². The molecule has 0 saturated carbocycles. The van der Waals surface area contributed by atoms with Crippen LogP contribution in [-0.4, -0.2) is 25.9 Å². The Kier molecular flexibility index (Phi) is 3.68. The van der Waals surface area contributed by atoms with Crippen LogP contribution >= 0.6 is 11.3 Å². The van der Waals surface area contributed by atoms with Crippen LogP contribution in [0.3, 0.4) is 0 Å². The van der Waals surface area contributed by atoms with E-state index in [1.165, 1.54) is 29.9 Å². The highest BCUT2D eigenvalue weighted by atomic mass is 32.1. The van der Waals surface area contributed by atoms with E-state index in [1.54, 1.807) is 0 Å². The molecule has 0 aliphatic rings. The SMILES string of the molecule is Cc1sc2nc(COC(=O)c3cnccn3)[nH]c(=O)c2c1C. The van der Waals surface area contributed by atoms with Crippen LogP contribution < -0.4 is 5.56 Å². The molecule has 112 valence electrons. The summed E-state index contributed by atoms with van der Waals surface area (Å²) in [5.74, 6) is -0.314. The van der Waals surface area contributed by atoms with Crippen molar-refractivity contribution in [3.63, 3.8) is 0 Å². The highest BCUT2D eigenvalue weighted by Crippen LogP contribution is 2.25. The molecule has 3 aromatic rings. The topological polar surface area (TPSA) is 97.8 Å². The summed E-state index contributed by atoms with van der Waals surface area (Å²) in [6.07, 6.45) is 4.18. The quantitative estimate of drug-likeness (QED) is 0.739. The van der Waals surface area contributed by atoms with Crippen LogP contribution in [0, 0.1) is 13.8 Å². The average molecular weight is 316 g/mol. The standard InChI is InChI=1S/C14H12N4O3S/c1-7-8(2)22-13-11(7)12(19)17-10(18-13)6-21-14(20)9-5-15-3-4-16-9/h3-5H,6H2,1-2H3,(H,17,18,19). The van der Waals surface area contributed by atoms with Gasteiger partial charge >= 0.3 is 5.97 Å². The summed E-state index contributed by atoms with van der Waals surface area (Å²) in [6.45, 7) is 3.70. The second-order valence-corrected chi connectivity index (χ2v) is 5.85. The Balaban J connectivity index is 1.83. The monoisotopic (exact) mass is 316 g/mol. The molecule has 3 rings (SSSR count). The molecule has 0 amide bonds. The lowest BCUT2D eigenvalue weighted by Crippen LogP contribution is -2.14. The molecule has 0 aliphatic heterocycles. The first-order valence-electron chi connectivity index (χ1n) is 6.48. The molecule has 0 spiro atoms. The maximum absolute atomic E-state index is 12.1. The molecular formula is C14H12N4O3S. The molecule has 0 atom stereocenters. The minimum atomic E-state index is -0.616. The summed E-state index contributed by atoms with van der Waals surface area (Å²) in [6, 6.07) is 0. The number of aryl methyl sites for hydroxylation is 2. The number of fused-ring (bicyclic) bond motifs is 1. The Bertz CT molecular complexity index is 902. The molecule has 7 nitrogen and oxygen atoms in total. The molecule has 1 N–H and O–H groups in total. The molecule has 0 aromatic carbocycles. The van der Waals surface area contributed by atoms with Crippen molar-refractivity contribution in [3.8, 4) is 0 Å². The van der Waals surface area contributed by atoms with Gasteiger partial charge in [-0.2, -0.15) is 0 Å². The molecule has 0 unspecified atom stereocenters. The Morgan fingerprint density at radius 3 is 2.91 bits per heavy atom. The van der Waals surface area contributed by atoms with Crippen molar-refractivity contribution in [2.24, 2.45) is 0 Å². The van der Waals surface area contributed by atoms with Crippen molar-refractivity contribution in [2.45, 2.75) is 20.5 Å². The van der Waals surface area contributed by atoms with Gasteiger partial charge in [-0.15, -0.1) is 11.3 Å². The van der Waals surface area contributed by atoms with E-state index in [0.29, 0.717) is 16.0 Å². The number of nitrogens with zero attached hydrogens (tertiary/aromatic N) is 3. The summed E-state index contributed by atoms with van der Waals surface area (Å²) in [5.41, 5.74) is 0.808. The van der Waals surface area contributed by atoms with Crippen molar-refractivity contribution in [1.82, 2.24) is 19.9 Å². The highest BCUT2D eigenvalue weighted by Gasteiger charge is 2.14. The van der Waals surface area contributed by atoms with Gasteiger partial charge in [0, 0.05) is 17.3 Å². The van der Waals surface area contributed by atoms with Crippen molar-refractivity contribution >= 4 is 27.5 Å². The fourth-order valence-electron chi connectivity index (χ4n) is 1.98. The Morgan fingerprint density at radius 1 is 1.36 bits per heavy atom. The predicted molar refractivity (Wildman–Crippen MR) is 80.9 cm³/mol. The lowest BCUT2D eigenvalue weighted by Gasteiger charge is -2.03. The van der Waals surface area contributed by atoms with Gasteiger partial charge in [0.2, 0.25) is 0 Å². The van der Waals surface area contributed by atoms with E-state index in [9.17, 15) is 9.59 Å². The molecule has 22 heavy (non-hydrogen) atoms. The number of hydrogen-bond acceptors (Lipinski definition) is 7. The smallest absolute Gasteiger partial charge is 0.358 e. The number of H-pyrrole nitrogens is 1. The van der Waals surface area contributed by atoms with E-state index in [0.717, 1.165) is 10.4 Å². The number of rotatable bonds is 3. The minimum absolute atomic E-state index is 0.105. The molecule has 0 aliphatic carbocycles. The van der Waals surface area contributed by atoms with E-state index in [1.807, 2.05) is 13.8 Å². The number of carbonyl (C=O) groups excluding carboxylic acids is 1. The predicted octanol–water partition coefficient (Wildman–Crippen LogP) is 1.75. The molecule has 0 bridgehead atoms. The molecular weight excluding hydrogens is 304 g/mol. The van der Waals surface area contributed by atoms with Crippen molar-refractivity contribution in [2.75, 3.05) is 0 Å². The second kappa shape index (κ2) is 5.64. The first-order valence-corrected chi connectivity index (χ1v) is 7.30. The lowest BCUT2D eigenvalue weighted by molar-refractivity contribution is 0.0455. The van der Waals surface area contributed by atoms with Crippen molar-refractivity contribution in [1.29, 1.82) is 0 Å². The van der Waals surface area contributed by atoms with Gasteiger partial charge in [0.15, 0.2) is 5.69 Å². The van der Waals surface area contributed by atoms with Crippen LogP contribution in [-0.2, 0) is 11.3 Å². The third-order valence-electron chi connectivity index (χ3n) is 3.20. The van der Waals surface area contributed by atoms with Gasteiger partial charge in [-0.05, 0) is 19.4 Å². The van der Waals surface area contributed by atoms with Crippen LogP contribution in [0.25, 0.3) is 10.2 Å². The number of aromatic amines is 1. The number of nitrogens with one attached hydrogen (secondary N) is 1. The fourth-order valence-corrected chi connectivity index (χ4v) is 3.03. The first kappa shape index (κ1) is 14.3. The summed E-state index contributed by atoms with van der Waals surface area (Å²) >= 11 is 1.44. The van der Waals surface area contributed by atoms with Gasteiger partial charge in [-0.1, -0.05) is 0 Å². The first-order chi connectivity index (χ1) is 10.6. The number of ether oxygens (including phenoxy) is 1. The zero-order valence-electron chi connectivity index (χ0n) is 11.9. The van der Waals surface area contributed by atoms with Crippen LogP contribution in [0.1, 0.15) is 26.8 Å². The van der Waals surface area contributed by atoms with E-state index in [4.69, 9.17) is 4.74 Å². The Hall–Kier alpha value is -2.61. The third kappa shape index (κ3) is 2.60. The van der Waals surface area contributed by atoms with Crippen LogP contribution in [0.2, 0.25) is 0 Å². The van der Waals surface area contributed by atoms with Gasteiger partial charge < -0.3 is 9.72 Å². The highest BCUT2D eigenvalue weighted by molar-refractivity contribution is 7.18. The number of hydrogen-bond donors (Lipinski definition) is 1. The van der Waals surface area contributed by atoms with Gasteiger partial charge in [0.25, 0.3) is 5.56 Å². The molecule has 0 radical (unpaired) electrons. The van der Waals surface area contributed by atoms with Gasteiger partial charge in [0.1, 0.15) is 17.3 Å². The number of aromatic nitrogens is 4. The largest absolute Gasteiger partial charge is 0.453 e. The summed E-state index contributed by atoms with van der Waals surface area (Å²) in [4.78, 5) is 40.2. The van der Waals surface area contributed by atoms with Crippen molar-refractivity contribution in [3.05, 3.63) is 50.9 Å². The average Bonchev–Trinajstić information content (AvgIpc) is 2.81. The fraction of sp³-hybridized carbons (Fsp3) is 0.214. The Labute approximate surface area is 129 Å². The second-order valence-electron chi connectivity index (χ2n) is 4.64. The van der Waals surface area contributed by atoms with Crippen LogP contribution in [0.5, 0.6) is 0 Å². The van der Waals surface area contributed by atoms with Crippen molar-refractivity contribution < 1.29 is 9.53 Å². The number of carbonyl (C=O) groups is 1. The summed E-state index contributed by atoms with van der Waals surface area (Å²) in [7, 11) is 0. The normalized spacial score (nSPS) is 10.8. The zero-order chi connectivity index (χ0) is 15.7. The number of thiophene rings is 1. The third-order valence-corrected chi connectivity index (χ3v) is 4.30. The maximum atomic E-state index is 12.1. The maximum Gasteiger partial charge on any atom is 0.358 e. The van der Waals surface area contributed by atoms with E-state index < -0.39 is 5.97 Å². The number of esters is 1. The van der Waals surface area contributed by atoms with Gasteiger partial charge in [-0.25, -0.2) is 14.8 Å². The molecule has 8 heteroatoms. The van der Waals surface area contributed by atoms with Crippen LogP contribution in [0.4, 0.5) is 0 Å². The molecule has 0 fully saturated rings. The minimum Gasteiger partial charge on any atom is -0.453 e. The molecule has 0 saturated heterocycles. The summed E-state index contributed by atoms with van der Waals surface area (Å²) in [5, 5.41) is 0.589. The Morgan fingerprint density at radius 2 is 2.18 bits per heavy atom. The van der Waals surface area contributed by atoms with Gasteiger partial charge in [-0.3, -0.25) is 9.78 Å². The van der Waals surface area contributed by atoms with Gasteiger partial charge in [0.05, 0.1) is 11.6 Å². The zero-order valence-corrected chi connectivity index (χ0v) is 12.7. The molecule has 3 heterocycles. The molecule has 3 aromatic heterocycles. The van der Waals surface area contributed by atoms with E-state index in [-0.39, 0.29) is 17.9 Å².